The number of aliphatic hydroxyl groups is 1. The van der Waals surface area contributed by atoms with Gasteiger partial charge in [0, 0.05) is 6.54 Å². The molecule has 1 aliphatic rings. The molecule has 2 aromatic carbocycles. The Morgan fingerprint density at radius 3 is 2.52 bits per heavy atom. The van der Waals surface area contributed by atoms with E-state index in [-0.39, 0.29) is 24.5 Å². The van der Waals surface area contributed by atoms with E-state index in [0.29, 0.717) is 6.54 Å². The second-order valence-corrected chi connectivity index (χ2v) is 5.50. The third kappa shape index (κ3) is 2.45. The van der Waals surface area contributed by atoms with Crippen LogP contribution < -0.4 is 0 Å². The molecule has 21 heavy (non-hydrogen) atoms. The summed E-state index contributed by atoms with van der Waals surface area (Å²) in [6.07, 6.45) is 0. The van der Waals surface area contributed by atoms with Gasteiger partial charge in [-0.2, -0.15) is 0 Å². The third-order valence-electron chi connectivity index (χ3n) is 4.25. The van der Waals surface area contributed by atoms with Crippen molar-refractivity contribution in [3.05, 3.63) is 71.3 Å². The first-order valence-corrected chi connectivity index (χ1v) is 7.26. The lowest BCUT2D eigenvalue weighted by Gasteiger charge is -2.37. The minimum absolute atomic E-state index is 0.0648. The zero-order valence-electron chi connectivity index (χ0n) is 12.1. The molecule has 0 radical (unpaired) electrons. The summed E-state index contributed by atoms with van der Waals surface area (Å²) in [5.41, 5.74) is 3.24. The molecule has 3 rings (SSSR count). The van der Waals surface area contributed by atoms with E-state index in [0.717, 1.165) is 11.1 Å². The SMILES string of the molecule is C[C@H]1C(=O)N([C@@H](CO)c2ccccc2)Cc2ccccc21. The molecule has 108 valence electrons. The van der Waals surface area contributed by atoms with Crippen molar-refractivity contribution in [2.75, 3.05) is 6.61 Å². The largest absolute Gasteiger partial charge is 0.394 e. The summed E-state index contributed by atoms with van der Waals surface area (Å²) in [7, 11) is 0. The second-order valence-electron chi connectivity index (χ2n) is 5.50. The lowest BCUT2D eigenvalue weighted by Crippen LogP contribution is -2.42. The van der Waals surface area contributed by atoms with Crippen LogP contribution in [-0.4, -0.2) is 22.5 Å². The van der Waals surface area contributed by atoms with E-state index < -0.39 is 0 Å². The van der Waals surface area contributed by atoms with Crippen LogP contribution in [0.15, 0.2) is 54.6 Å². The Morgan fingerprint density at radius 1 is 1.14 bits per heavy atom. The van der Waals surface area contributed by atoms with Gasteiger partial charge in [0.2, 0.25) is 5.91 Å². The summed E-state index contributed by atoms with van der Waals surface area (Å²) in [5, 5.41) is 9.79. The van der Waals surface area contributed by atoms with Crippen molar-refractivity contribution in [1.82, 2.24) is 4.90 Å². The zero-order chi connectivity index (χ0) is 14.8. The number of amides is 1. The first kappa shape index (κ1) is 13.8. The van der Waals surface area contributed by atoms with E-state index in [2.05, 4.69) is 6.07 Å². The van der Waals surface area contributed by atoms with Crippen molar-refractivity contribution >= 4 is 5.91 Å². The normalized spacial score (nSPS) is 19.2. The van der Waals surface area contributed by atoms with Crippen LogP contribution in [0.5, 0.6) is 0 Å². The topological polar surface area (TPSA) is 40.5 Å². The van der Waals surface area contributed by atoms with E-state index in [1.54, 1.807) is 4.90 Å². The lowest BCUT2D eigenvalue weighted by molar-refractivity contribution is -0.137. The van der Waals surface area contributed by atoms with Crippen LogP contribution in [0.1, 0.15) is 35.6 Å². The number of hydrogen-bond acceptors (Lipinski definition) is 2. The van der Waals surface area contributed by atoms with Gasteiger partial charge in [0.1, 0.15) is 0 Å². The summed E-state index contributed by atoms with van der Waals surface area (Å²) in [4.78, 5) is 14.5. The predicted octanol–water partition coefficient (Wildman–Crippen LogP) is 2.87. The Bertz CT molecular complexity index is 639. The maximum Gasteiger partial charge on any atom is 0.230 e. The number of fused-ring (bicyclic) bond motifs is 1. The van der Waals surface area contributed by atoms with Crippen molar-refractivity contribution in [1.29, 1.82) is 0 Å². The highest BCUT2D eigenvalue weighted by Crippen LogP contribution is 2.34. The molecule has 1 heterocycles. The number of nitrogens with zero attached hydrogens (tertiary/aromatic N) is 1. The quantitative estimate of drug-likeness (QED) is 0.939. The van der Waals surface area contributed by atoms with Crippen molar-refractivity contribution in [2.45, 2.75) is 25.4 Å². The molecule has 0 aliphatic carbocycles. The Morgan fingerprint density at radius 2 is 1.81 bits per heavy atom. The molecule has 0 spiro atoms. The monoisotopic (exact) mass is 281 g/mol. The molecule has 2 aromatic rings. The minimum Gasteiger partial charge on any atom is -0.394 e. The predicted molar refractivity (Wildman–Crippen MR) is 81.7 cm³/mol. The first-order chi connectivity index (χ1) is 10.2. The summed E-state index contributed by atoms with van der Waals surface area (Å²) in [5.74, 6) is -0.0793. The van der Waals surface area contributed by atoms with Crippen molar-refractivity contribution in [2.24, 2.45) is 0 Å². The Labute approximate surface area is 124 Å². The minimum atomic E-state index is -0.283. The van der Waals surface area contributed by atoms with Crippen LogP contribution in [0.4, 0.5) is 0 Å². The molecule has 0 fully saturated rings. The Hall–Kier alpha value is -2.13. The summed E-state index contributed by atoms with van der Waals surface area (Å²) < 4.78 is 0. The fourth-order valence-electron chi connectivity index (χ4n) is 3.07. The molecule has 0 saturated heterocycles. The number of rotatable bonds is 3. The first-order valence-electron chi connectivity index (χ1n) is 7.26. The van der Waals surface area contributed by atoms with Gasteiger partial charge in [0.25, 0.3) is 0 Å². The molecular weight excluding hydrogens is 262 g/mol. The highest BCUT2D eigenvalue weighted by Gasteiger charge is 2.34. The zero-order valence-corrected chi connectivity index (χ0v) is 12.1. The third-order valence-corrected chi connectivity index (χ3v) is 4.25. The molecule has 0 aromatic heterocycles. The summed E-state index contributed by atoms with van der Waals surface area (Å²) in [6.45, 7) is 2.43. The summed E-state index contributed by atoms with van der Waals surface area (Å²) >= 11 is 0. The van der Waals surface area contributed by atoms with Gasteiger partial charge in [-0.25, -0.2) is 0 Å². The smallest absolute Gasteiger partial charge is 0.230 e. The average molecular weight is 281 g/mol. The standard InChI is InChI=1S/C18H19NO2/c1-13-16-10-6-5-9-15(16)11-19(18(13)21)17(12-20)14-7-3-2-4-8-14/h2-10,13,17,20H,11-12H2,1H3/t13-,17+/m1/s1. The fraction of sp³-hybridized carbons (Fsp3) is 0.278. The molecule has 0 unspecified atom stereocenters. The van der Waals surface area contributed by atoms with E-state index in [1.165, 1.54) is 5.56 Å². The van der Waals surface area contributed by atoms with E-state index >= 15 is 0 Å². The molecule has 1 amide bonds. The van der Waals surface area contributed by atoms with Crippen LogP contribution in [0.25, 0.3) is 0 Å². The van der Waals surface area contributed by atoms with E-state index in [4.69, 9.17) is 0 Å². The number of hydrogen-bond donors (Lipinski definition) is 1. The van der Waals surface area contributed by atoms with Crippen LogP contribution in [-0.2, 0) is 11.3 Å². The van der Waals surface area contributed by atoms with Gasteiger partial charge in [0.05, 0.1) is 18.6 Å². The molecule has 0 bridgehead atoms. The Balaban J connectivity index is 1.97. The molecule has 0 saturated carbocycles. The van der Waals surface area contributed by atoms with Crippen LogP contribution in [0.3, 0.4) is 0 Å². The van der Waals surface area contributed by atoms with Crippen molar-refractivity contribution in [3.63, 3.8) is 0 Å². The fourth-order valence-corrected chi connectivity index (χ4v) is 3.07. The lowest BCUT2D eigenvalue weighted by atomic mass is 9.89. The van der Waals surface area contributed by atoms with Gasteiger partial charge in [-0.05, 0) is 23.6 Å². The van der Waals surface area contributed by atoms with Crippen molar-refractivity contribution < 1.29 is 9.90 Å². The van der Waals surface area contributed by atoms with Gasteiger partial charge in [0.15, 0.2) is 0 Å². The molecule has 3 nitrogen and oxygen atoms in total. The average Bonchev–Trinajstić information content (AvgIpc) is 2.54. The van der Waals surface area contributed by atoms with E-state index in [9.17, 15) is 9.90 Å². The number of carbonyl (C=O) groups excluding carboxylic acids is 1. The highest BCUT2D eigenvalue weighted by atomic mass is 16.3. The van der Waals surface area contributed by atoms with Crippen LogP contribution in [0.2, 0.25) is 0 Å². The summed E-state index contributed by atoms with van der Waals surface area (Å²) in [6, 6.07) is 17.5. The molecular formula is C18H19NO2. The molecule has 1 aliphatic heterocycles. The van der Waals surface area contributed by atoms with Gasteiger partial charge in [-0.15, -0.1) is 0 Å². The van der Waals surface area contributed by atoms with Gasteiger partial charge < -0.3 is 10.0 Å². The van der Waals surface area contributed by atoms with Gasteiger partial charge >= 0.3 is 0 Å². The Kier molecular flexibility index (Phi) is 3.76. The molecule has 1 N–H and O–H groups in total. The van der Waals surface area contributed by atoms with Gasteiger partial charge in [-0.1, -0.05) is 54.6 Å². The highest BCUT2D eigenvalue weighted by molar-refractivity contribution is 5.85. The van der Waals surface area contributed by atoms with Gasteiger partial charge in [-0.3, -0.25) is 4.79 Å². The number of benzene rings is 2. The maximum atomic E-state index is 12.7. The molecule has 3 heteroatoms. The van der Waals surface area contributed by atoms with E-state index in [1.807, 2.05) is 55.5 Å². The second kappa shape index (κ2) is 5.70. The molecule has 2 atom stereocenters. The number of aliphatic hydroxyl groups excluding tert-OH is 1. The van der Waals surface area contributed by atoms with Crippen molar-refractivity contribution in [3.8, 4) is 0 Å². The number of carbonyl (C=O) groups is 1. The maximum absolute atomic E-state index is 12.7. The van der Waals surface area contributed by atoms with Crippen LogP contribution in [0, 0.1) is 0 Å². The van der Waals surface area contributed by atoms with Crippen LogP contribution >= 0.6 is 0 Å².